The van der Waals surface area contributed by atoms with E-state index in [0.717, 1.165) is 35.4 Å². The van der Waals surface area contributed by atoms with Gasteiger partial charge in [0, 0.05) is 26.0 Å². The minimum absolute atomic E-state index is 0. The summed E-state index contributed by atoms with van der Waals surface area (Å²) < 4.78 is 8.27. The van der Waals surface area contributed by atoms with Crippen LogP contribution in [-0.2, 0) is 4.74 Å². The van der Waals surface area contributed by atoms with E-state index in [0.29, 0.717) is 28.6 Å². The molecule has 11 heteroatoms. The van der Waals surface area contributed by atoms with Crippen LogP contribution in [0.25, 0.3) is 22.2 Å². The number of para-hydroxylation sites is 1. The molecule has 1 aliphatic rings. The van der Waals surface area contributed by atoms with Crippen molar-refractivity contribution in [2.24, 2.45) is 0 Å². The molecule has 0 spiro atoms. The number of benzene rings is 1. The van der Waals surface area contributed by atoms with Gasteiger partial charge in [-0.15, -0.1) is 0 Å². The Hall–Kier alpha value is -3.78. The van der Waals surface area contributed by atoms with E-state index in [-0.39, 0.29) is 25.1 Å². The Morgan fingerprint density at radius 1 is 1.22 bits per heavy atom. The summed E-state index contributed by atoms with van der Waals surface area (Å²) in [5.74, 6) is 7.49. The number of aromatic amines is 1. The molecule has 36 heavy (non-hydrogen) atoms. The van der Waals surface area contributed by atoms with Crippen LogP contribution in [0.4, 0.5) is 5.82 Å². The van der Waals surface area contributed by atoms with Crippen molar-refractivity contribution in [1.82, 2.24) is 29.1 Å². The number of anilines is 1. The molecule has 1 aromatic carbocycles. The van der Waals surface area contributed by atoms with Gasteiger partial charge in [-0.05, 0) is 24.6 Å². The van der Waals surface area contributed by atoms with Crippen LogP contribution >= 0.6 is 25.1 Å². The van der Waals surface area contributed by atoms with Crippen molar-refractivity contribution in [1.29, 1.82) is 0 Å². The summed E-state index contributed by atoms with van der Waals surface area (Å²) in [7, 11) is 1.61. The van der Waals surface area contributed by atoms with Gasteiger partial charge in [-0.3, -0.25) is 9.36 Å². The molecule has 6 rings (SSSR count). The second kappa shape index (κ2) is 9.70. The first-order valence-corrected chi connectivity index (χ1v) is 11.5. The second-order valence-corrected chi connectivity index (χ2v) is 8.55. The number of fused-ring (bicyclic) bond motifs is 2. The number of halogens is 1. The van der Waals surface area contributed by atoms with Gasteiger partial charge in [-0.2, -0.15) is 18.6 Å². The van der Waals surface area contributed by atoms with Crippen LogP contribution < -0.4 is 10.5 Å². The molecule has 4 aromatic heterocycles. The lowest BCUT2D eigenvalue weighted by atomic mass is 10.0. The quantitative estimate of drug-likeness (QED) is 0.365. The summed E-state index contributed by atoms with van der Waals surface area (Å²) in [5, 5.41) is 6.04. The monoisotopic (exact) mass is 519 g/mol. The molecule has 1 N–H and O–H groups in total. The van der Waals surface area contributed by atoms with Gasteiger partial charge in [-0.1, -0.05) is 41.6 Å². The number of hydrogen-bond acceptors (Lipinski definition) is 6. The Kier molecular flexibility index (Phi) is 6.45. The van der Waals surface area contributed by atoms with Gasteiger partial charge in [0.05, 0.1) is 27.7 Å². The number of methoxy groups -OCH3 is 1. The highest BCUT2D eigenvalue weighted by molar-refractivity contribution is 7.59. The first-order valence-electron chi connectivity index (χ1n) is 11.1. The lowest BCUT2D eigenvalue weighted by Gasteiger charge is -2.42. The Morgan fingerprint density at radius 2 is 2.06 bits per heavy atom. The number of H-pyrrole nitrogens is 1. The molecule has 5 aromatic rings. The molecule has 1 aliphatic heterocycles. The molecular weight excluding hydrogens is 498 g/mol. The van der Waals surface area contributed by atoms with Gasteiger partial charge in [-0.25, -0.2) is 14.5 Å². The molecule has 0 saturated carbocycles. The number of aromatic nitrogens is 6. The van der Waals surface area contributed by atoms with Gasteiger partial charge in [0.25, 0.3) is 5.56 Å². The molecule has 5 heterocycles. The van der Waals surface area contributed by atoms with Gasteiger partial charge in [0.1, 0.15) is 29.9 Å². The molecule has 0 amide bonds. The van der Waals surface area contributed by atoms with Crippen LogP contribution in [-0.4, -0.2) is 49.4 Å². The molecule has 0 radical (unpaired) electrons. The predicted molar refractivity (Wildman–Crippen MR) is 144 cm³/mol. The highest BCUT2D eigenvalue weighted by Crippen LogP contribution is 2.39. The average molecular weight is 520 g/mol. The highest BCUT2D eigenvalue weighted by Gasteiger charge is 2.37. The van der Waals surface area contributed by atoms with E-state index in [2.05, 4.69) is 31.7 Å². The van der Waals surface area contributed by atoms with Crippen LogP contribution in [0.1, 0.15) is 23.9 Å². The van der Waals surface area contributed by atoms with Crippen LogP contribution in [0, 0.1) is 11.8 Å². The maximum atomic E-state index is 13.6. The van der Waals surface area contributed by atoms with Crippen LogP contribution in [0.5, 0.6) is 0 Å². The van der Waals surface area contributed by atoms with Crippen molar-refractivity contribution in [3.05, 3.63) is 81.9 Å². The number of hydrogen-bond donors (Lipinski definition) is 1. The predicted octanol–water partition coefficient (Wildman–Crippen LogP) is 3.47. The third-order valence-corrected chi connectivity index (χ3v) is 6.46. The van der Waals surface area contributed by atoms with E-state index >= 15 is 0 Å². The van der Waals surface area contributed by atoms with E-state index in [1.807, 2.05) is 36.5 Å². The van der Waals surface area contributed by atoms with E-state index in [9.17, 15) is 4.79 Å². The summed E-state index contributed by atoms with van der Waals surface area (Å²) in [6.45, 7) is 1.08. The normalized spacial score (nSPS) is 14.8. The van der Waals surface area contributed by atoms with E-state index < -0.39 is 0 Å². The van der Waals surface area contributed by atoms with E-state index in [4.69, 9.17) is 21.4 Å². The standard InChI is InChI=1S/C25H20ClN7O2.H2S/c1-35-13-5-6-16-14-27-22-20(16)24(29-15-28-22)31-11-10-19(31)23-30-32-12-9-18(26)21(32)25(34)33(23)17-7-3-2-4-8-17;/h2-4,7-9,12,14-15,19H,10-11,13H2,1H3,(H,27,28,29);1H2/t19-;/m0./s1. The van der Waals surface area contributed by atoms with Crippen molar-refractivity contribution >= 4 is 47.5 Å². The van der Waals surface area contributed by atoms with Crippen LogP contribution in [0.3, 0.4) is 0 Å². The average Bonchev–Trinajstić information content (AvgIpc) is 3.43. The fourth-order valence-corrected chi connectivity index (χ4v) is 4.69. The topological polar surface area (TPSA) is 93.3 Å². The molecule has 0 bridgehead atoms. The largest absolute Gasteiger partial charge is 0.372 e. The maximum absolute atomic E-state index is 13.6. The first kappa shape index (κ1) is 23.9. The van der Waals surface area contributed by atoms with Gasteiger partial charge < -0.3 is 14.6 Å². The first-order chi connectivity index (χ1) is 17.2. The fourth-order valence-electron chi connectivity index (χ4n) is 4.47. The zero-order chi connectivity index (χ0) is 23.9. The van der Waals surface area contributed by atoms with Crippen molar-refractivity contribution in [2.75, 3.05) is 25.2 Å². The lowest BCUT2D eigenvalue weighted by Crippen LogP contribution is -2.45. The lowest BCUT2D eigenvalue weighted by molar-refractivity contribution is 0.240. The van der Waals surface area contributed by atoms with Crippen molar-refractivity contribution in [3.8, 4) is 17.5 Å². The van der Waals surface area contributed by atoms with Crippen LogP contribution in [0.2, 0.25) is 5.02 Å². The summed E-state index contributed by atoms with van der Waals surface area (Å²) in [4.78, 5) is 27.9. The highest BCUT2D eigenvalue weighted by atomic mass is 35.5. The zero-order valence-corrected chi connectivity index (χ0v) is 21.0. The molecule has 1 fully saturated rings. The Bertz CT molecular complexity index is 1680. The third-order valence-electron chi connectivity index (χ3n) is 6.16. The Balaban J connectivity index is 0.00000267. The SMILES string of the molecule is COCC#Cc1c[nH]c2ncnc(N3CC[C@H]3c3nn4ccc(Cl)c4c(=O)n3-c3ccccc3)c12.S. The van der Waals surface area contributed by atoms with Crippen LogP contribution in [0.15, 0.2) is 59.9 Å². The zero-order valence-electron chi connectivity index (χ0n) is 19.3. The molecule has 182 valence electrons. The molecule has 0 aliphatic carbocycles. The summed E-state index contributed by atoms with van der Waals surface area (Å²) in [5.41, 5.74) is 2.34. The fraction of sp³-hybridized carbons (Fsp3) is 0.200. The van der Waals surface area contributed by atoms with Gasteiger partial charge >= 0.3 is 0 Å². The maximum Gasteiger partial charge on any atom is 0.284 e. The second-order valence-electron chi connectivity index (χ2n) is 8.15. The van der Waals surface area contributed by atoms with E-state index in [1.54, 1.807) is 28.5 Å². The summed E-state index contributed by atoms with van der Waals surface area (Å²) >= 11 is 6.34. The number of nitrogens with zero attached hydrogens (tertiary/aromatic N) is 6. The molecule has 1 atom stereocenters. The molecule has 1 saturated heterocycles. The van der Waals surface area contributed by atoms with Gasteiger partial charge in [0.2, 0.25) is 0 Å². The molecule has 9 nitrogen and oxygen atoms in total. The number of rotatable bonds is 4. The van der Waals surface area contributed by atoms with Crippen molar-refractivity contribution in [3.63, 3.8) is 0 Å². The Labute approximate surface area is 218 Å². The van der Waals surface area contributed by atoms with Gasteiger partial charge in [0.15, 0.2) is 5.82 Å². The number of nitrogens with one attached hydrogen (secondary N) is 1. The summed E-state index contributed by atoms with van der Waals surface area (Å²) in [6, 6.07) is 11.0. The van der Waals surface area contributed by atoms with E-state index in [1.165, 1.54) is 6.33 Å². The minimum atomic E-state index is -0.219. The Morgan fingerprint density at radius 3 is 2.81 bits per heavy atom. The smallest absolute Gasteiger partial charge is 0.284 e. The third kappa shape index (κ3) is 3.82. The van der Waals surface area contributed by atoms with Crippen molar-refractivity contribution < 1.29 is 4.74 Å². The molecular formula is C25H22ClN7O2S. The van der Waals surface area contributed by atoms with Crippen molar-refractivity contribution in [2.45, 2.75) is 12.5 Å². The number of ether oxygens (including phenoxy) is 1. The minimum Gasteiger partial charge on any atom is -0.372 e. The summed E-state index contributed by atoms with van der Waals surface area (Å²) in [6.07, 6.45) is 5.87. The molecule has 0 unspecified atom stereocenters.